The number of rotatable bonds is 4. The Labute approximate surface area is 190 Å². The molecular formula is C24H26F3N3O3. The number of piperazine rings is 1. The van der Waals surface area contributed by atoms with Gasteiger partial charge in [0, 0.05) is 45.2 Å². The number of alkyl halides is 3. The maximum atomic E-state index is 13.1. The molecule has 2 aromatic carbocycles. The average molecular weight is 461 g/mol. The summed E-state index contributed by atoms with van der Waals surface area (Å²) >= 11 is 0. The van der Waals surface area contributed by atoms with Crippen LogP contribution in [0.15, 0.2) is 48.5 Å². The molecule has 176 valence electrons. The predicted molar refractivity (Wildman–Crippen MR) is 116 cm³/mol. The van der Waals surface area contributed by atoms with Crippen molar-refractivity contribution >= 4 is 11.8 Å². The maximum Gasteiger partial charge on any atom is 0.573 e. The lowest BCUT2D eigenvalue weighted by Crippen LogP contribution is -2.53. The third-order valence-electron chi connectivity index (χ3n) is 6.24. The van der Waals surface area contributed by atoms with Gasteiger partial charge in [0.05, 0.1) is 12.6 Å². The molecule has 0 aromatic heterocycles. The highest BCUT2D eigenvalue weighted by atomic mass is 19.4. The molecule has 1 fully saturated rings. The lowest BCUT2D eigenvalue weighted by molar-refractivity contribution is -0.275. The van der Waals surface area contributed by atoms with E-state index in [1.165, 1.54) is 19.1 Å². The van der Waals surface area contributed by atoms with Crippen LogP contribution in [0.4, 0.5) is 13.2 Å². The minimum atomic E-state index is -4.82. The Morgan fingerprint density at radius 2 is 1.52 bits per heavy atom. The average Bonchev–Trinajstić information content (AvgIpc) is 2.78. The van der Waals surface area contributed by atoms with Crippen molar-refractivity contribution in [3.8, 4) is 5.75 Å². The van der Waals surface area contributed by atoms with E-state index in [2.05, 4.69) is 4.74 Å². The lowest BCUT2D eigenvalue weighted by Gasteiger charge is -2.40. The zero-order valence-corrected chi connectivity index (χ0v) is 18.3. The van der Waals surface area contributed by atoms with Crippen LogP contribution in [0.1, 0.15) is 29.7 Å². The number of hydrogen-bond acceptors (Lipinski definition) is 4. The fourth-order valence-corrected chi connectivity index (χ4v) is 4.62. The van der Waals surface area contributed by atoms with Crippen LogP contribution in [0, 0.1) is 0 Å². The van der Waals surface area contributed by atoms with Crippen LogP contribution in [0.5, 0.6) is 5.75 Å². The summed E-state index contributed by atoms with van der Waals surface area (Å²) in [6.07, 6.45) is -4.12. The normalized spacial score (nSPS) is 19.2. The van der Waals surface area contributed by atoms with Gasteiger partial charge in [-0.3, -0.25) is 14.5 Å². The van der Waals surface area contributed by atoms with Crippen LogP contribution < -0.4 is 4.74 Å². The molecule has 2 heterocycles. The molecule has 2 aliphatic heterocycles. The fourth-order valence-electron chi connectivity index (χ4n) is 4.62. The quantitative estimate of drug-likeness (QED) is 0.702. The second kappa shape index (κ2) is 9.43. The highest BCUT2D eigenvalue weighted by molar-refractivity contribution is 5.79. The first-order valence-electron chi connectivity index (χ1n) is 10.9. The summed E-state index contributed by atoms with van der Waals surface area (Å²) in [5.74, 6) is -0.382. The molecule has 6 nitrogen and oxygen atoms in total. The molecule has 1 atom stereocenters. The fraction of sp³-hybridized carbons (Fsp3) is 0.417. The standard InChI is InChI=1S/C24H26F3N3O3/c1-17(31)28-12-14-29(15-13-28)22(32)16-30-11-10-18-6-2-3-7-19(18)23(30)20-8-4-5-9-21(20)33-24(25,26)27/h2-9,23H,10-16H2,1H3. The van der Waals surface area contributed by atoms with Crippen molar-refractivity contribution < 1.29 is 27.5 Å². The van der Waals surface area contributed by atoms with Crippen LogP contribution in [-0.4, -0.2) is 72.1 Å². The number of carbonyl (C=O) groups is 2. The number of amides is 2. The number of hydrogen-bond donors (Lipinski definition) is 0. The molecule has 0 spiro atoms. The van der Waals surface area contributed by atoms with E-state index in [1.807, 2.05) is 29.2 Å². The Morgan fingerprint density at radius 3 is 2.18 bits per heavy atom. The van der Waals surface area contributed by atoms with Gasteiger partial charge in [-0.2, -0.15) is 0 Å². The summed E-state index contributed by atoms with van der Waals surface area (Å²) in [6.45, 7) is 3.96. The summed E-state index contributed by atoms with van der Waals surface area (Å²) in [7, 11) is 0. The van der Waals surface area contributed by atoms with Gasteiger partial charge in [-0.15, -0.1) is 13.2 Å². The molecule has 0 N–H and O–H groups in total. The highest BCUT2D eigenvalue weighted by Gasteiger charge is 2.37. The Morgan fingerprint density at radius 1 is 0.909 bits per heavy atom. The van der Waals surface area contributed by atoms with Gasteiger partial charge in [0.15, 0.2) is 0 Å². The van der Waals surface area contributed by atoms with Gasteiger partial charge in [0.2, 0.25) is 11.8 Å². The molecule has 0 bridgehead atoms. The van der Waals surface area contributed by atoms with Gasteiger partial charge in [-0.1, -0.05) is 42.5 Å². The van der Waals surface area contributed by atoms with E-state index in [0.717, 1.165) is 11.1 Å². The summed E-state index contributed by atoms with van der Waals surface area (Å²) < 4.78 is 43.6. The Kier molecular flexibility index (Phi) is 6.60. The Bertz CT molecular complexity index is 1020. The van der Waals surface area contributed by atoms with Crippen molar-refractivity contribution in [3.05, 3.63) is 65.2 Å². The third-order valence-corrected chi connectivity index (χ3v) is 6.24. The topological polar surface area (TPSA) is 53.1 Å². The van der Waals surface area contributed by atoms with Gasteiger partial charge in [0.25, 0.3) is 0 Å². The van der Waals surface area contributed by atoms with E-state index in [-0.39, 0.29) is 24.1 Å². The molecule has 2 aliphatic rings. The maximum absolute atomic E-state index is 13.1. The van der Waals surface area contributed by atoms with E-state index in [4.69, 9.17) is 0 Å². The van der Waals surface area contributed by atoms with Crippen LogP contribution >= 0.6 is 0 Å². The Hall–Kier alpha value is -3.07. The second-order valence-electron chi connectivity index (χ2n) is 8.29. The third kappa shape index (κ3) is 5.30. The van der Waals surface area contributed by atoms with Crippen molar-refractivity contribution in [3.63, 3.8) is 0 Å². The first kappa shape index (κ1) is 23.1. The number of ether oxygens (including phenoxy) is 1. The van der Waals surface area contributed by atoms with Crippen molar-refractivity contribution in [2.45, 2.75) is 25.7 Å². The molecule has 2 amide bonds. The molecule has 9 heteroatoms. The number of halogens is 3. The van der Waals surface area contributed by atoms with E-state index >= 15 is 0 Å². The van der Waals surface area contributed by atoms with Crippen LogP contribution in [0.2, 0.25) is 0 Å². The summed E-state index contributed by atoms with van der Waals surface area (Å²) in [5, 5.41) is 0. The van der Waals surface area contributed by atoms with E-state index in [0.29, 0.717) is 44.7 Å². The van der Waals surface area contributed by atoms with Gasteiger partial charge < -0.3 is 14.5 Å². The first-order valence-corrected chi connectivity index (χ1v) is 10.9. The van der Waals surface area contributed by atoms with Gasteiger partial charge in [-0.05, 0) is 23.6 Å². The van der Waals surface area contributed by atoms with Crippen molar-refractivity contribution in [1.82, 2.24) is 14.7 Å². The zero-order valence-electron chi connectivity index (χ0n) is 18.3. The van der Waals surface area contributed by atoms with Crippen molar-refractivity contribution in [2.75, 3.05) is 39.3 Å². The van der Waals surface area contributed by atoms with Crippen LogP contribution in [0.25, 0.3) is 0 Å². The van der Waals surface area contributed by atoms with E-state index in [9.17, 15) is 22.8 Å². The number of nitrogens with zero attached hydrogens (tertiary/aromatic N) is 3. The second-order valence-corrected chi connectivity index (χ2v) is 8.29. The SMILES string of the molecule is CC(=O)N1CCN(C(=O)CN2CCc3ccccc3C2c2ccccc2OC(F)(F)F)CC1. The van der Waals surface area contributed by atoms with Gasteiger partial charge in [-0.25, -0.2) is 0 Å². The van der Waals surface area contributed by atoms with Crippen molar-refractivity contribution in [1.29, 1.82) is 0 Å². The molecule has 0 saturated carbocycles. The molecule has 0 aliphatic carbocycles. The van der Waals surface area contributed by atoms with E-state index in [1.54, 1.807) is 21.9 Å². The van der Waals surface area contributed by atoms with Gasteiger partial charge in [0.1, 0.15) is 5.75 Å². The minimum absolute atomic E-state index is 0.0175. The molecule has 4 rings (SSSR count). The largest absolute Gasteiger partial charge is 0.573 e. The summed E-state index contributed by atoms with van der Waals surface area (Å²) in [4.78, 5) is 30.0. The molecule has 1 saturated heterocycles. The zero-order chi connectivity index (χ0) is 23.6. The predicted octanol–water partition coefficient (Wildman–Crippen LogP) is 3.22. The molecule has 33 heavy (non-hydrogen) atoms. The number of carbonyl (C=O) groups excluding carboxylic acids is 2. The van der Waals surface area contributed by atoms with Crippen LogP contribution in [0.3, 0.4) is 0 Å². The number of benzene rings is 2. The molecule has 2 aromatic rings. The van der Waals surface area contributed by atoms with Crippen molar-refractivity contribution in [2.24, 2.45) is 0 Å². The molecule has 1 unspecified atom stereocenters. The summed E-state index contributed by atoms with van der Waals surface area (Å²) in [6, 6.07) is 13.2. The lowest BCUT2D eigenvalue weighted by atomic mass is 9.87. The van der Waals surface area contributed by atoms with Gasteiger partial charge >= 0.3 is 6.36 Å². The number of para-hydroxylation sites is 1. The Balaban J connectivity index is 1.61. The molecule has 0 radical (unpaired) electrons. The monoisotopic (exact) mass is 461 g/mol. The molecular weight excluding hydrogens is 435 g/mol. The smallest absolute Gasteiger partial charge is 0.405 e. The minimum Gasteiger partial charge on any atom is -0.405 e. The van der Waals surface area contributed by atoms with E-state index < -0.39 is 12.4 Å². The summed E-state index contributed by atoms with van der Waals surface area (Å²) in [5.41, 5.74) is 2.29. The number of fused-ring (bicyclic) bond motifs is 1. The van der Waals surface area contributed by atoms with Crippen LogP contribution in [-0.2, 0) is 16.0 Å². The first-order chi connectivity index (χ1) is 15.7. The highest BCUT2D eigenvalue weighted by Crippen LogP contribution is 2.40.